The molecular weight excluding hydrogens is 532 g/mol. The smallest absolute Gasteiger partial charge is 0.258 e. The lowest BCUT2D eigenvalue weighted by molar-refractivity contribution is -0.00913. The maximum absolute atomic E-state index is 15.0. The molecule has 41 heavy (non-hydrogen) atoms. The molecule has 1 amide bonds. The minimum Gasteiger partial charge on any atom is -0.322 e. The van der Waals surface area contributed by atoms with Crippen molar-refractivity contribution in [2.75, 3.05) is 5.32 Å². The van der Waals surface area contributed by atoms with Gasteiger partial charge in [-0.15, -0.1) is 0 Å². The normalized spacial score (nSPS) is 14.8. The molecule has 0 spiro atoms. The summed E-state index contributed by atoms with van der Waals surface area (Å²) in [4.78, 5) is 25.8. The van der Waals surface area contributed by atoms with Crippen LogP contribution < -0.4 is 5.32 Å². The Morgan fingerprint density at radius 3 is 2.32 bits per heavy atom. The van der Waals surface area contributed by atoms with E-state index in [2.05, 4.69) is 20.3 Å². The highest BCUT2D eigenvalue weighted by molar-refractivity contribution is 6.04. The number of benzene rings is 2. The van der Waals surface area contributed by atoms with Crippen LogP contribution in [0.25, 0.3) is 27.8 Å². The maximum Gasteiger partial charge on any atom is 0.258 e. The van der Waals surface area contributed by atoms with E-state index in [1.165, 1.54) is 18.6 Å². The zero-order valence-corrected chi connectivity index (χ0v) is 22.8. The van der Waals surface area contributed by atoms with E-state index in [-0.39, 0.29) is 30.2 Å². The lowest BCUT2D eigenvalue weighted by atomic mass is 9.83. The highest BCUT2D eigenvalue weighted by Gasteiger charge is 2.35. The van der Waals surface area contributed by atoms with E-state index in [1.807, 2.05) is 13.8 Å². The minimum atomic E-state index is -2.81. The first-order chi connectivity index (χ1) is 19.5. The van der Waals surface area contributed by atoms with Crippen molar-refractivity contribution in [3.63, 3.8) is 0 Å². The number of carbonyl (C=O) groups excluding carboxylic acids is 1. The van der Waals surface area contributed by atoms with Crippen LogP contribution in [0.4, 0.5) is 23.2 Å². The molecule has 0 fully saturated rings. The molecule has 1 N–H and O–H groups in total. The Balaban J connectivity index is 1.55. The van der Waals surface area contributed by atoms with Crippen molar-refractivity contribution in [3.8, 4) is 22.3 Å². The summed E-state index contributed by atoms with van der Waals surface area (Å²) in [5.41, 5.74) is 3.90. The molecule has 9 heteroatoms. The number of nitrogens with one attached hydrogen (secondary N) is 1. The zero-order chi connectivity index (χ0) is 29.3. The van der Waals surface area contributed by atoms with Gasteiger partial charge in [0.2, 0.25) is 0 Å². The number of alkyl halides is 2. The van der Waals surface area contributed by atoms with E-state index in [0.717, 1.165) is 18.2 Å². The van der Waals surface area contributed by atoms with Gasteiger partial charge in [-0.3, -0.25) is 9.78 Å². The standard InChI is InChI=1S/C32H28F4N4O/c1-18(2)30-38-16-21(17-39-30)31(41)40-23-7-4-20(5-8-23)28-25(26-14-22(33)6-9-27(26)34)11-13-37-29(28)24-10-12-32(35,36)15-19(24)3/h4-9,11,13-14,16-18H,10,12,15H2,1-3H3,(H,40,41). The Morgan fingerprint density at radius 1 is 0.951 bits per heavy atom. The third kappa shape index (κ3) is 6.04. The van der Waals surface area contributed by atoms with Crippen molar-refractivity contribution in [1.29, 1.82) is 0 Å². The van der Waals surface area contributed by atoms with Crippen LogP contribution in [0.5, 0.6) is 0 Å². The monoisotopic (exact) mass is 560 g/mol. The van der Waals surface area contributed by atoms with Crippen LogP contribution >= 0.6 is 0 Å². The van der Waals surface area contributed by atoms with Crippen molar-refractivity contribution in [1.82, 2.24) is 15.0 Å². The third-order valence-electron chi connectivity index (χ3n) is 7.12. The fourth-order valence-corrected chi connectivity index (χ4v) is 5.01. The number of hydrogen-bond donors (Lipinski definition) is 1. The zero-order valence-electron chi connectivity index (χ0n) is 22.8. The summed E-state index contributed by atoms with van der Waals surface area (Å²) in [6, 6.07) is 11.6. The second-order valence-electron chi connectivity index (χ2n) is 10.5. The largest absolute Gasteiger partial charge is 0.322 e. The number of allylic oxidation sites excluding steroid dienone is 2. The molecule has 0 bridgehead atoms. The molecule has 4 aromatic rings. The second kappa shape index (κ2) is 11.2. The average molecular weight is 561 g/mol. The van der Waals surface area contributed by atoms with Gasteiger partial charge in [0.1, 0.15) is 17.5 Å². The van der Waals surface area contributed by atoms with E-state index in [1.54, 1.807) is 37.3 Å². The number of hydrogen-bond acceptors (Lipinski definition) is 4. The summed E-state index contributed by atoms with van der Waals surface area (Å²) in [6.45, 7) is 5.57. The Bertz CT molecular complexity index is 1630. The summed E-state index contributed by atoms with van der Waals surface area (Å²) in [5, 5.41) is 2.81. The third-order valence-corrected chi connectivity index (χ3v) is 7.12. The number of anilines is 1. The Labute approximate surface area is 235 Å². The SMILES string of the molecule is CC1=C(c2nccc(-c3cc(F)ccc3F)c2-c2ccc(NC(=O)c3cnc(C(C)C)nc3)cc2)CCC(F)(F)C1. The molecule has 2 aromatic carbocycles. The van der Waals surface area contributed by atoms with Gasteiger partial charge in [0, 0.05) is 54.2 Å². The van der Waals surface area contributed by atoms with Crippen LogP contribution in [0.3, 0.4) is 0 Å². The van der Waals surface area contributed by atoms with E-state index in [0.29, 0.717) is 50.6 Å². The predicted molar refractivity (Wildman–Crippen MR) is 150 cm³/mol. The Kier molecular flexibility index (Phi) is 7.71. The molecule has 0 saturated heterocycles. The van der Waals surface area contributed by atoms with Gasteiger partial charge in [0.25, 0.3) is 11.8 Å². The van der Waals surface area contributed by atoms with Crippen LogP contribution in [0.2, 0.25) is 0 Å². The van der Waals surface area contributed by atoms with Gasteiger partial charge < -0.3 is 5.32 Å². The van der Waals surface area contributed by atoms with Crippen LogP contribution in [0, 0.1) is 11.6 Å². The first kappa shape index (κ1) is 28.1. The minimum absolute atomic E-state index is 0.0327. The molecule has 1 aliphatic carbocycles. The first-order valence-electron chi connectivity index (χ1n) is 13.3. The maximum atomic E-state index is 15.0. The molecule has 0 aliphatic heterocycles. The summed E-state index contributed by atoms with van der Waals surface area (Å²) in [7, 11) is 0. The molecular formula is C32H28F4N4O. The summed E-state index contributed by atoms with van der Waals surface area (Å²) >= 11 is 0. The van der Waals surface area contributed by atoms with Gasteiger partial charge in [0.15, 0.2) is 0 Å². The molecule has 0 unspecified atom stereocenters. The van der Waals surface area contributed by atoms with E-state index in [9.17, 15) is 22.4 Å². The number of nitrogens with zero attached hydrogens (tertiary/aromatic N) is 3. The first-order valence-corrected chi connectivity index (χ1v) is 13.3. The van der Waals surface area contributed by atoms with E-state index < -0.39 is 24.0 Å². The summed E-state index contributed by atoms with van der Waals surface area (Å²) < 4.78 is 57.5. The number of aromatic nitrogens is 3. The van der Waals surface area contributed by atoms with Gasteiger partial charge in [0.05, 0.1) is 11.3 Å². The van der Waals surface area contributed by atoms with Crippen molar-refractivity contribution in [3.05, 3.63) is 101 Å². The number of pyridine rings is 1. The molecule has 2 heterocycles. The summed E-state index contributed by atoms with van der Waals surface area (Å²) in [5.74, 6) is -3.66. The summed E-state index contributed by atoms with van der Waals surface area (Å²) in [6.07, 6.45) is 3.79. The number of halogens is 4. The van der Waals surface area contributed by atoms with Gasteiger partial charge in [-0.1, -0.05) is 31.6 Å². The van der Waals surface area contributed by atoms with Gasteiger partial charge in [-0.2, -0.15) is 0 Å². The Morgan fingerprint density at radius 2 is 1.66 bits per heavy atom. The highest BCUT2D eigenvalue weighted by Crippen LogP contribution is 2.45. The van der Waals surface area contributed by atoms with Gasteiger partial charge in [-0.25, -0.2) is 27.5 Å². The van der Waals surface area contributed by atoms with Crippen LogP contribution in [0.1, 0.15) is 67.8 Å². The molecule has 0 saturated carbocycles. The highest BCUT2D eigenvalue weighted by atomic mass is 19.3. The number of carbonyl (C=O) groups is 1. The molecule has 5 nitrogen and oxygen atoms in total. The fourth-order valence-electron chi connectivity index (χ4n) is 5.01. The fraction of sp³-hybridized carbons (Fsp3) is 0.250. The van der Waals surface area contributed by atoms with Gasteiger partial charge >= 0.3 is 0 Å². The van der Waals surface area contributed by atoms with Crippen molar-refractivity contribution in [2.45, 2.75) is 51.9 Å². The van der Waals surface area contributed by atoms with E-state index >= 15 is 0 Å². The molecule has 1 aliphatic rings. The van der Waals surface area contributed by atoms with Crippen LogP contribution in [-0.2, 0) is 0 Å². The van der Waals surface area contributed by atoms with Crippen molar-refractivity contribution in [2.24, 2.45) is 0 Å². The topological polar surface area (TPSA) is 67.8 Å². The number of amides is 1. The molecule has 210 valence electrons. The van der Waals surface area contributed by atoms with Crippen LogP contribution in [0.15, 0.2) is 72.7 Å². The Hall–Kier alpha value is -4.40. The van der Waals surface area contributed by atoms with E-state index in [4.69, 9.17) is 0 Å². The van der Waals surface area contributed by atoms with Crippen molar-refractivity contribution < 1.29 is 22.4 Å². The van der Waals surface area contributed by atoms with Gasteiger partial charge in [-0.05, 0) is 66.4 Å². The second-order valence-corrected chi connectivity index (χ2v) is 10.5. The molecule has 2 aromatic heterocycles. The average Bonchev–Trinajstić information content (AvgIpc) is 2.94. The molecule has 0 atom stereocenters. The van der Waals surface area contributed by atoms with Crippen LogP contribution in [-0.4, -0.2) is 26.8 Å². The number of rotatable bonds is 6. The molecule has 0 radical (unpaired) electrons. The lowest BCUT2D eigenvalue weighted by Crippen LogP contribution is -2.21. The lowest BCUT2D eigenvalue weighted by Gasteiger charge is -2.27. The quantitative estimate of drug-likeness (QED) is 0.240. The molecule has 5 rings (SSSR count). The predicted octanol–water partition coefficient (Wildman–Crippen LogP) is 8.45. The van der Waals surface area contributed by atoms with Crippen molar-refractivity contribution >= 4 is 17.2 Å².